The van der Waals surface area contributed by atoms with Gasteiger partial charge in [-0.2, -0.15) is 5.26 Å². The zero-order valence-electron chi connectivity index (χ0n) is 19.6. The highest BCUT2D eigenvalue weighted by Gasteiger charge is 2.52. The van der Waals surface area contributed by atoms with Gasteiger partial charge in [0, 0.05) is 25.4 Å². The van der Waals surface area contributed by atoms with Crippen LogP contribution in [0.5, 0.6) is 5.75 Å². The van der Waals surface area contributed by atoms with Crippen LogP contribution in [-0.2, 0) is 9.31 Å². The minimum Gasteiger partial charge on any atom is -0.490 e. The van der Waals surface area contributed by atoms with E-state index in [4.69, 9.17) is 14.0 Å². The SMILES string of the molecule is CC(C)(C)C1CC(Oc2cc(C#N)cc(B3OC(C)(C)C(C)(C)O3)c2)CCN1C(=O)O. The lowest BCUT2D eigenvalue weighted by atomic mass is 9.78. The zero-order valence-corrected chi connectivity index (χ0v) is 19.6. The van der Waals surface area contributed by atoms with Gasteiger partial charge in [0.05, 0.1) is 22.8 Å². The lowest BCUT2D eigenvalue weighted by molar-refractivity contribution is 0.00578. The first-order valence-corrected chi connectivity index (χ1v) is 10.8. The molecular weight excluding hydrogens is 395 g/mol. The van der Waals surface area contributed by atoms with Gasteiger partial charge in [0.25, 0.3) is 0 Å². The molecule has 2 aliphatic heterocycles. The lowest BCUT2D eigenvalue weighted by Gasteiger charge is -2.44. The minimum absolute atomic E-state index is 0.139. The molecule has 0 bridgehead atoms. The van der Waals surface area contributed by atoms with E-state index in [1.54, 1.807) is 12.1 Å². The Balaban J connectivity index is 1.82. The van der Waals surface area contributed by atoms with E-state index in [2.05, 4.69) is 6.07 Å². The number of likely N-dealkylation sites (tertiary alicyclic amines) is 1. The molecule has 2 fully saturated rings. The molecule has 2 unspecified atom stereocenters. The van der Waals surface area contributed by atoms with Crippen molar-refractivity contribution in [1.82, 2.24) is 4.90 Å². The number of carboxylic acid groups (broad SMARTS) is 1. The van der Waals surface area contributed by atoms with Gasteiger partial charge in [0.2, 0.25) is 0 Å². The van der Waals surface area contributed by atoms with Gasteiger partial charge < -0.3 is 24.1 Å². The molecule has 2 atom stereocenters. The fraction of sp³-hybridized carbons (Fsp3) is 0.652. The quantitative estimate of drug-likeness (QED) is 0.737. The molecule has 1 aromatic rings. The summed E-state index contributed by atoms with van der Waals surface area (Å²) in [7, 11) is -0.586. The maximum atomic E-state index is 11.7. The van der Waals surface area contributed by atoms with Crippen LogP contribution in [0.1, 0.15) is 66.9 Å². The Labute approximate surface area is 185 Å². The number of carbonyl (C=O) groups is 1. The van der Waals surface area contributed by atoms with E-state index in [9.17, 15) is 15.2 Å². The molecule has 1 aromatic carbocycles. The fourth-order valence-corrected chi connectivity index (χ4v) is 4.15. The van der Waals surface area contributed by atoms with Crippen LogP contribution in [0.3, 0.4) is 0 Å². The van der Waals surface area contributed by atoms with Gasteiger partial charge in [-0.25, -0.2) is 4.79 Å². The van der Waals surface area contributed by atoms with E-state index in [0.717, 1.165) is 5.46 Å². The largest absolute Gasteiger partial charge is 0.495 e. The van der Waals surface area contributed by atoms with E-state index in [0.29, 0.717) is 30.7 Å². The number of piperidine rings is 1. The Kier molecular flexibility index (Phi) is 6.07. The molecule has 0 spiro atoms. The first-order chi connectivity index (χ1) is 14.2. The van der Waals surface area contributed by atoms with Crippen LogP contribution in [0, 0.1) is 16.7 Å². The van der Waals surface area contributed by atoms with E-state index in [1.807, 2.05) is 54.5 Å². The van der Waals surface area contributed by atoms with Gasteiger partial charge in [0.1, 0.15) is 11.9 Å². The number of amides is 1. The molecule has 0 saturated carbocycles. The Morgan fingerprint density at radius 1 is 1.23 bits per heavy atom. The molecule has 0 radical (unpaired) electrons. The number of hydrogen-bond donors (Lipinski definition) is 1. The molecule has 2 heterocycles. The molecule has 7 nitrogen and oxygen atoms in total. The monoisotopic (exact) mass is 428 g/mol. The molecule has 3 rings (SSSR count). The van der Waals surface area contributed by atoms with Crippen molar-refractivity contribution in [2.24, 2.45) is 5.41 Å². The minimum atomic E-state index is -0.895. The predicted molar refractivity (Wildman–Crippen MR) is 118 cm³/mol. The second-order valence-electron chi connectivity index (χ2n) is 10.6. The summed E-state index contributed by atoms with van der Waals surface area (Å²) in [5.41, 5.74) is 0.0409. The molecular formula is C23H33BN2O5. The molecule has 0 aromatic heterocycles. The molecule has 1 amide bonds. The van der Waals surface area contributed by atoms with Crippen molar-refractivity contribution in [3.63, 3.8) is 0 Å². The van der Waals surface area contributed by atoms with Crippen LogP contribution in [0.4, 0.5) is 4.79 Å². The maximum Gasteiger partial charge on any atom is 0.495 e. The third-order valence-corrected chi connectivity index (χ3v) is 6.69. The summed E-state index contributed by atoms with van der Waals surface area (Å²) in [6.45, 7) is 14.5. The van der Waals surface area contributed by atoms with E-state index >= 15 is 0 Å². The second kappa shape index (κ2) is 8.03. The lowest BCUT2D eigenvalue weighted by Crippen LogP contribution is -2.53. The summed E-state index contributed by atoms with van der Waals surface area (Å²) in [6.07, 6.45) is 0.160. The molecule has 8 heteroatoms. The second-order valence-corrected chi connectivity index (χ2v) is 10.6. The standard InChI is InChI=1S/C23H33BN2O5/c1-21(2,3)19-13-17(8-9-26(19)20(27)28)29-18-11-15(14-25)10-16(12-18)24-30-22(4,5)23(6,7)31-24/h10-12,17,19H,8-9,13H2,1-7H3,(H,27,28). The molecule has 31 heavy (non-hydrogen) atoms. The van der Waals surface area contributed by atoms with Crippen LogP contribution < -0.4 is 10.2 Å². The number of rotatable bonds is 3. The van der Waals surface area contributed by atoms with Crippen molar-refractivity contribution >= 4 is 18.7 Å². The van der Waals surface area contributed by atoms with Crippen LogP contribution in [-0.4, -0.2) is 53.1 Å². The highest BCUT2D eigenvalue weighted by molar-refractivity contribution is 6.62. The van der Waals surface area contributed by atoms with Gasteiger partial charge >= 0.3 is 13.2 Å². The third kappa shape index (κ3) is 4.83. The van der Waals surface area contributed by atoms with Crippen LogP contribution in [0.2, 0.25) is 0 Å². The van der Waals surface area contributed by atoms with Gasteiger partial charge in [-0.15, -0.1) is 0 Å². The average Bonchev–Trinajstić information content (AvgIpc) is 2.88. The Morgan fingerprint density at radius 3 is 2.35 bits per heavy atom. The highest BCUT2D eigenvalue weighted by Crippen LogP contribution is 2.37. The summed E-state index contributed by atoms with van der Waals surface area (Å²) in [5.74, 6) is 0.574. The van der Waals surface area contributed by atoms with Crippen LogP contribution in [0.15, 0.2) is 18.2 Å². The Hall–Kier alpha value is -2.24. The average molecular weight is 428 g/mol. The number of hydrogen-bond acceptors (Lipinski definition) is 5. The molecule has 1 N–H and O–H groups in total. The molecule has 2 aliphatic rings. The Bertz CT molecular complexity index is 871. The van der Waals surface area contributed by atoms with E-state index < -0.39 is 24.4 Å². The van der Waals surface area contributed by atoms with Crippen molar-refractivity contribution < 1.29 is 23.9 Å². The van der Waals surface area contributed by atoms with Crippen molar-refractivity contribution in [2.75, 3.05) is 6.54 Å². The van der Waals surface area contributed by atoms with Crippen LogP contribution >= 0.6 is 0 Å². The Morgan fingerprint density at radius 2 is 1.84 bits per heavy atom. The predicted octanol–water partition coefficient (Wildman–Crippen LogP) is 3.79. The number of nitriles is 1. The normalized spacial score (nSPS) is 25.2. The van der Waals surface area contributed by atoms with Gasteiger partial charge in [-0.1, -0.05) is 20.8 Å². The molecule has 2 saturated heterocycles. The van der Waals surface area contributed by atoms with Crippen LogP contribution in [0.25, 0.3) is 0 Å². The highest BCUT2D eigenvalue weighted by atomic mass is 16.7. The zero-order chi connectivity index (χ0) is 23.2. The fourth-order valence-electron chi connectivity index (χ4n) is 4.15. The number of nitrogens with zero attached hydrogens (tertiary/aromatic N) is 2. The topological polar surface area (TPSA) is 92.0 Å². The van der Waals surface area contributed by atoms with Crippen molar-refractivity contribution in [2.45, 2.75) is 84.7 Å². The molecule has 168 valence electrons. The van der Waals surface area contributed by atoms with Gasteiger partial charge in [-0.3, -0.25) is 0 Å². The van der Waals surface area contributed by atoms with Crippen molar-refractivity contribution in [3.05, 3.63) is 23.8 Å². The van der Waals surface area contributed by atoms with E-state index in [1.165, 1.54) is 4.90 Å². The van der Waals surface area contributed by atoms with Crippen molar-refractivity contribution in [1.29, 1.82) is 5.26 Å². The summed E-state index contributed by atoms with van der Waals surface area (Å²) >= 11 is 0. The summed E-state index contributed by atoms with van der Waals surface area (Å²) in [4.78, 5) is 13.2. The van der Waals surface area contributed by atoms with Gasteiger partial charge in [-0.05, 0) is 56.8 Å². The summed E-state index contributed by atoms with van der Waals surface area (Å²) in [5, 5.41) is 19.1. The number of ether oxygens (including phenoxy) is 1. The third-order valence-electron chi connectivity index (χ3n) is 6.69. The first kappa shape index (κ1) is 23.4. The summed E-state index contributed by atoms with van der Waals surface area (Å²) in [6, 6.07) is 7.38. The maximum absolute atomic E-state index is 11.7. The summed E-state index contributed by atoms with van der Waals surface area (Å²) < 4.78 is 18.5. The molecule has 0 aliphatic carbocycles. The number of benzene rings is 1. The first-order valence-electron chi connectivity index (χ1n) is 10.8. The van der Waals surface area contributed by atoms with Crippen molar-refractivity contribution in [3.8, 4) is 11.8 Å². The smallest absolute Gasteiger partial charge is 0.490 e. The van der Waals surface area contributed by atoms with E-state index in [-0.39, 0.29) is 17.6 Å². The van der Waals surface area contributed by atoms with Gasteiger partial charge in [0.15, 0.2) is 0 Å².